The van der Waals surface area contributed by atoms with Crippen molar-refractivity contribution in [1.29, 1.82) is 0 Å². The molecule has 0 aliphatic heterocycles. The Balaban J connectivity index is 2.52. The second kappa shape index (κ2) is 6.21. The van der Waals surface area contributed by atoms with E-state index in [4.69, 9.17) is 14.2 Å². The Morgan fingerprint density at radius 3 is 2.25 bits per heavy atom. The van der Waals surface area contributed by atoms with E-state index in [1.807, 2.05) is 0 Å². The molecule has 6 nitrogen and oxygen atoms in total. The lowest BCUT2D eigenvalue weighted by molar-refractivity contribution is 0.181. The molecule has 0 saturated carbocycles. The summed E-state index contributed by atoms with van der Waals surface area (Å²) in [5.74, 6) is 1.69. The van der Waals surface area contributed by atoms with Gasteiger partial charge in [-0.3, -0.25) is 4.79 Å². The first kappa shape index (κ1) is 14.1. The van der Waals surface area contributed by atoms with Gasteiger partial charge in [-0.1, -0.05) is 0 Å². The molecule has 0 amide bonds. The van der Waals surface area contributed by atoms with Crippen molar-refractivity contribution in [3.05, 3.63) is 40.3 Å². The molecule has 0 aliphatic carbocycles. The van der Waals surface area contributed by atoms with Crippen LogP contribution in [0, 0.1) is 0 Å². The van der Waals surface area contributed by atoms with Crippen LogP contribution in [0.2, 0.25) is 0 Å². The zero-order valence-corrected chi connectivity index (χ0v) is 11.6. The Kier molecular flexibility index (Phi) is 4.37. The smallest absolute Gasteiger partial charge is 0.251 e. The van der Waals surface area contributed by atoms with E-state index >= 15 is 0 Å². The molecule has 106 valence electrons. The van der Waals surface area contributed by atoms with Gasteiger partial charge in [-0.05, 0) is 12.1 Å². The van der Waals surface area contributed by atoms with E-state index < -0.39 is 0 Å². The SMILES string of the molecule is COCc1cc(=O)[nH]c(-c2cc(OC)cc(OC)c2)n1. The summed E-state index contributed by atoms with van der Waals surface area (Å²) in [7, 11) is 4.68. The highest BCUT2D eigenvalue weighted by atomic mass is 16.5. The van der Waals surface area contributed by atoms with Gasteiger partial charge in [0, 0.05) is 24.8 Å². The summed E-state index contributed by atoms with van der Waals surface area (Å²) in [6.07, 6.45) is 0. The number of methoxy groups -OCH3 is 3. The number of hydrogen-bond donors (Lipinski definition) is 1. The second-order valence-corrected chi connectivity index (χ2v) is 4.12. The lowest BCUT2D eigenvalue weighted by Gasteiger charge is -2.08. The maximum absolute atomic E-state index is 11.7. The highest BCUT2D eigenvalue weighted by Crippen LogP contribution is 2.27. The second-order valence-electron chi connectivity index (χ2n) is 4.12. The van der Waals surface area contributed by atoms with E-state index in [1.54, 1.807) is 39.5 Å². The number of nitrogens with zero attached hydrogens (tertiary/aromatic N) is 1. The number of nitrogens with one attached hydrogen (secondary N) is 1. The van der Waals surface area contributed by atoms with Gasteiger partial charge in [-0.15, -0.1) is 0 Å². The third-order valence-corrected chi connectivity index (χ3v) is 2.71. The Bertz CT molecular complexity index is 630. The van der Waals surface area contributed by atoms with Gasteiger partial charge in [0.1, 0.15) is 17.3 Å². The molecule has 0 saturated heterocycles. The first-order chi connectivity index (χ1) is 9.66. The van der Waals surface area contributed by atoms with Crippen LogP contribution in [-0.2, 0) is 11.3 Å². The zero-order chi connectivity index (χ0) is 14.5. The van der Waals surface area contributed by atoms with Crippen LogP contribution in [-0.4, -0.2) is 31.3 Å². The fraction of sp³-hybridized carbons (Fsp3) is 0.286. The summed E-state index contributed by atoms with van der Waals surface area (Å²) in [6.45, 7) is 0.276. The molecule has 0 aliphatic rings. The summed E-state index contributed by atoms with van der Waals surface area (Å²) >= 11 is 0. The van der Waals surface area contributed by atoms with Crippen LogP contribution in [0.3, 0.4) is 0 Å². The van der Waals surface area contributed by atoms with Crippen molar-refractivity contribution in [1.82, 2.24) is 9.97 Å². The molecule has 0 spiro atoms. The number of aromatic amines is 1. The van der Waals surface area contributed by atoms with Gasteiger partial charge in [0.05, 0.1) is 26.5 Å². The maximum atomic E-state index is 11.7. The largest absolute Gasteiger partial charge is 0.497 e. The normalized spacial score (nSPS) is 10.3. The van der Waals surface area contributed by atoms with Gasteiger partial charge in [0.25, 0.3) is 5.56 Å². The number of H-pyrrole nitrogens is 1. The molecule has 0 bridgehead atoms. The topological polar surface area (TPSA) is 73.4 Å². The zero-order valence-electron chi connectivity index (χ0n) is 11.6. The van der Waals surface area contributed by atoms with Gasteiger partial charge in [-0.25, -0.2) is 4.98 Å². The molecule has 1 aromatic carbocycles. The van der Waals surface area contributed by atoms with Crippen LogP contribution < -0.4 is 15.0 Å². The quantitative estimate of drug-likeness (QED) is 0.898. The summed E-state index contributed by atoms with van der Waals surface area (Å²) in [5, 5.41) is 0. The van der Waals surface area contributed by atoms with Crippen LogP contribution in [0.5, 0.6) is 11.5 Å². The van der Waals surface area contributed by atoms with Crippen molar-refractivity contribution >= 4 is 0 Å². The van der Waals surface area contributed by atoms with E-state index in [9.17, 15) is 4.79 Å². The number of ether oxygens (including phenoxy) is 3. The number of hydrogen-bond acceptors (Lipinski definition) is 5. The molecule has 1 heterocycles. The molecular weight excluding hydrogens is 260 g/mol. The summed E-state index contributed by atoms with van der Waals surface area (Å²) in [4.78, 5) is 18.7. The number of aromatic nitrogens is 2. The molecular formula is C14H16N2O4. The van der Waals surface area contributed by atoms with Crippen molar-refractivity contribution in [3.63, 3.8) is 0 Å². The summed E-state index contributed by atoms with van der Waals surface area (Å²) < 4.78 is 15.4. The molecule has 6 heteroatoms. The fourth-order valence-corrected chi connectivity index (χ4v) is 1.81. The van der Waals surface area contributed by atoms with Gasteiger partial charge < -0.3 is 19.2 Å². The Hall–Kier alpha value is -2.34. The molecule has 2 aromatic rings. The predicted molar refractivity (Wildman–Crippen MR) is 74.1 cm³/mol. The van der Waals surface area contributed by atoms with Crippen molar-refractivity contribution in [3.8, 4) is 22.9 Å². The number of rotatable bonds is 5. The standard InChI is InChI=1S/C14H16N2O4/c1-18-8-10-6-13(17)16-14(15-10)9-4-11(19-2)7-12(5-9)20-3/h4-7H,8H2,1-3H3,(H,15,16,17). The minimum absolute atomic E-state index is 0.233. The predicted octanol–water partition coefficient (Wildman–Crippen LogP) is 1.60. The molecule has 2 rings (SSSR count). The Morgan fingerprint density at radius 1 is 1.05 bits per heavy atom. The van der Waals surface area contributed by atoms with E-state index in [2.05, 4.69) is 9.97 Å². The van der Waals surface area contributed by atoms with E-state index in [0.29, 0.717) is 28.6 Å². The van der Waals surface area contributed by atoms with Crippen molar-refractivity contribution in [2.24, 2.45) is 0 Å². The third kappa shape index (κ3) is 3.16. The Morgan fingerprint density at radius 2 is 1.70 bits per heavy atom. The minimum atomic E-state index is -0.233. The molecule has 0 atom stereocenters. The summed E-state index contributed by atoms with van der Waals surface area (Å²) in [5.41, 5.74) is 1.04. The van der Waals surface area contributed by atoms with Gasteiger partial charge in [0.2, 0.25) is 0 Å². The third-order valence-electron chi connectivity index (χ3n) is 2.71. The van der Waals surface area contributed by atoms with Gasteiger partial charge >= 0.3 is 0 Å². The number of benzene rings is 1. The first-order valence-electron chi connectivity index (χ1n) is 5.99. The fourth-order valence-electron chi connectivity index (χ4n) is 1.81. The van der Waals surface area contributed by atoms with Crippen LogP contribution in [0.1, 0.15) is 5.69 Å². The van der Waals surface area contributed by atoms with Crippen LogP contribution in [0.25, 0.3) is 11.4 Å². The molecule has 1 N–H and O–H groups in total. The average Bonchev–Trinajstić information content (AvgIpc) is 2.46. The van der Waals surface area contributed by atoms with Crippen LogP contribution in [0.4, 0.5) is 0 Å². The van der Waals surface area contributed by atoms with E-state index in [1.165, 1.54) is 6.07 Å². The molecule has 0 radical (unpaired) electrons. The van der Waals surface area contributed by atoms with E-state index in [-0.39, 0.29) is 12.2 Å². The monoisotopic (exact) mass is 276 g/mol. The van der Waals surface area contributed by atoms with Crippen LogP contribution in [0.15, 0.2) is 29.1 Å². The highest BCUT2D eigenvalue weighted by molar-refractivity contribution is 5.60. The van der Waals surface area contributed by atoms with E-state index in [0.717, 1.165) is 0 Å². The van der Waals surface area contributed by atoms with Crippen molar-refractivity contribution in [2.45, 2.75) is 6.61 Å². The lowest BCUT2D eigenvalue weighted by atomic mass is 10.2. The minimum Gasteiger partial charge on any atom is -0.497 e. The van der Waals surface area contributed by atoms with Gasteiger partial charge in [-0.2, -0.15) is 0 Å². The molecule has 20 heavy (non-hydrogen) atoms. The summed E-state index contributed by atoms with van der Waals surface area (Å²) in [6, 6.07) is 6.71. The molecule has 0 unspecified atom stereocenters. The maximum Gasteiger partial charge on any atom is 0.251 e. The van der Waals surface area contributed by atoms with Crippen molar-refractivity contribution in [2.75, 3.05) is 21.3 Å². The average molecular weight is 276 g/mol. The lowest BCUT2D eigenvalue weighted by Crippen LogP contribution is -2.11. The van der Waals surface area contributed by atoms with Gasteiger partial charge in [0.15, 0.2) is 0 Å². The van der Waals surface area contributed by atoms with Crippen molar-refractivity contribution < 1.29 is 14.2 Å². The first-order valence-corrected chi connectivity index (χ1v) is 5.99. The molecule has 1 aromatic heterocycles. The van der Waals surface area contributed by atoms with Crippen LogP contribution >= 0.6 is 0 Å². The Labute approximate surface area is 116 Å². The molecule has 0 fully saturated rings. The highest BCUT2D eigenvalue weighted by Gasteiger charge is 2.08.